The number of fused-ring (bicyclic) bond motifs is 2. The lowest BCUT2D eigenvalue weighted by atomic mass is 10.1. The predicted octanol–water partition coefficient (Wildman–Crippen LogP) is 5.32. The minimum Gasteiger partial charge on any atom is -0.448 e. The van der Waals surface area contributed by atoms with Gasteiger partial charge in [-0.15, -0.1) is 11.3 Å². The lowest BCUT2D eigenvalue weighted by Crippen LogP contribution is -2.29. The molecule has 2 aromatic carbocycles. The second-order valence-electron chi connectivity index (χ2n) is 6.28. The van der Waals surface area contributed by atoms with Gasteiger partial charge >= 0.3 is 0 Å². The molecule has 0 unspecified atom stereocenters. The Morgan fingerprint density at radius 3 is 2.73 bits per heavy atom. The number of carbonyl (C=O) groups is 1. The number of rotatable bonds is 3. The maximum absolute atomic E-state index is 14.0. The van der Waals surface area contributed by atoms with Crippen LogP contribution in [0.25, 0.3) is 21.2 Å². The third-order valence-corrected chi connectivity index (χ3v) is 5.89. The maximum Gasteiger partial charge on any atom is 0.290 e. The minimum absolute atomic E-state index is 0.120. The van der Waals surface area contributed by atoms with Gasteiger partial charge in [-0.25, -0.2) is 9.37 Å². The average Bonchev–Trinajstić information content (AvgIpc) is 3.22. The van der Waals surface area contributed by atoms with Crippen LogP contribution in [0.15, 0.2) is 46.9 Å². The van der Waals surface area contributed by atoms with Crippen molar-refractivity contribution < 1.29 is 13.6 Å². The monoisotopic (exact) mass is 368 g/mol. The second-order valence-corrected chi connectivity index (χ2v) is 7.35. The number of halogens is 1. The van der Waals surface area contributed by atoms with Crippen molar-refractivity contribution in [1.82, 2.24) is 9.88 Å². The molecule has 26 heavy (non-hydrogen) atoms. The first-order chi connectivity index (χ1) is 12.5. The zero-order chi connectivity index (χ0) is 18.4. The SMILES string of the molecule is Cc1c(C(=O)N(C)[C@@H](C)c2nc3ccccc3s2)oc2c(F)cccc12. The summed E-state index contributed by atoms with van der Waals surface area (Å²) in [5, 5.41) is 1.47. The molecule has 6 heteroatoms. The first kappa shape index (κ1) is 16.7. The summed E-state index contributed by atoms with van der Waals surface area (Å²) in [4.78, 5) is 19.2. The number of aryl methyl sites for hydroxylation is 1. The first-order valence-corrected chi connectivity index (χ1v) is 9.09. The number of aromatic nitrogens is 1. The summed E-state index contributed by atoms with van der Waals surface area (Å²) >= 11 is 1.56. The Morgan fingerprint density at radius 2 is 2.00 bits per heavy atom. The molecule has 2 aromatic heterocycles. The highest BCUT2D eigenvalue weighted by Crippen LogP contribution is 2.32. The fourth-order valence-corrected chi connectivity index (χ4v) is 4.05. The van der Waals surface area contributed by atoms with Crippen LogP contribution in [0.4, 0.5) is 4.39 Å². The molecule has 0 aliphatic heterocycles. The van der Waals surface area contributed by atoms with Gasteiger partial charge in [-0.2, -0.15) is 0 Å². The van der Waals surface area contributed by atoms with E-state index in [1.165, 1.54) is 6.07 Å². The van der Waals surface area contributed by atoms with Gasteiger partial charge in [0.1, 0.15) is 5.01 Å². The first-order valence-electron chi connectivity index (χ1n) is 8.27. The van der Waals surface area contributed by atoms with Crippen molar-refractivity contribution in [3.63, 3.8) is 0 Å². The molecule has 1 amide bonds. The summed E-state index contributed by atoms with van der Waals surface area (Å²) in [6.45, 7) is 3.70. The molecular formula is C20H17FN2O2S. The fourth-order valence-electron chi connectivity index (χ4n) is 2.98. The number of nitrogens with zero attached hydrogens (tertiary/aromatic N) is 2. The number of carbonyl (C=O) groups excluding carboxylic acids is 1. The molecule has 0 saturated carbocycles. The van der Waals surface area contributed by atoms with Crippen LogP contribution in [-0.4, -0.2) is 22.8 Å². The molecule has 2 heterocycles. The van der Waals surface area contributed by atoms with Gasteiger partial charge in [0.25, 0.3) is 5.91 Å². The van der Waals surface area contributed by atoms with Gasteiger partial charge in [0, 0.05) is 18.0 Å². The molecule has 0 saturated heterocycles. The van der Waals surface area contributed by atoms with E-state index < -0.39 is 5.82 Å². The van der Waals surface area contributed by atoms with Crippen LogP contribution in [0.1, 0.15) is 34.1 Å². The van der Waals surface area contributed by atoms with E-state index in [2.05, 4.69) is 4.98 Å². The predicted molar refractivity (Wildman–Crippen MR) is 101 cm³/mol. The summed E-state index contributed by atoms with van der Waals surface area (Å²) in [5.41, 5.74) is 1.68. The molecule has 0 fully saturated rings. The van der Waals surface area contributed by atoms with E-state index >= 15 is 0 Å². The van der Waals surface area contributed by atoms with E-state index in [-0.39, 0.29) is 23.3 Å². The Labute approximate surface area is 153 Å². The lowest BCUT2D eigenvalue weighted by Gasteiger charge is -2.22. The van der Waals surface area contributed by atoms with Crippen LogP contribution < -0.4 is 0 Å². The van der Waals surface area contributed by atoms with Gasteiger partial charge < -0.3 is 9.32 Å². The average molecular weight is 368 g/mol. The summed E-state index contributed by atoms with van der Waals surface area (Å²) in [6.07, 6.45) is 0. The number of benzene rings is 2. The van der Waals surface area contributed by atoms with Gasteiger partial charge in [0.15, 0.2) is 17.2 Å². The molecule has 1 atom stereocenters. The number of furan rings is 1. The van der Waals surface area contributed by atoms with E-state index in [1.54, 1.807) is 42.3 Å². The van der Waals surface area contributed by atoms with Crippen molar-refractivity contribution in [2.75, 3.05) is 7.05 Å². The van der Waals surface area contributed by atoms with Crippen molar-refractivity contribution in [3.05, 3.63) is 64.6 Å². The van der Waals surface area contributed by atoms with Gasteiger partial charge in [-0.05, 0) is 32.0 Å². The molecule has 0 radical (unpaired) electrons. The molecule has 132 valence electrons. The van der Waals surface area contributed by atoms with Crippen molar-refractivity contribution in [1.29, 1.82) is 0 Å². The fraction of sp³-hybridized carbons (Fsp3) is 0.200. The van der Waals surface area contributed by atoms with Crippen LogP contribution in [0.3, 0.4) is 0 Å². The van der Waals surface area contributed by atoms with Gasteiger partial charge in [-0.1, -0.05) is 24.3 Å². The molecule has 0 aliphatic carbocycles. The van der Waals surface area contributed by atoms with Crippen molar-refractivity contribution in [3.8, 4) is 0 Å². The number of para-hydroxylation sites is 2. The highest BCUT2D eigenvalue weighted by Gasteiger charge is 2.27. The topological polar surface area (TPSA) is 46.3 Å². The van der Waals surface area contributed by atoms with Crippen LogP contribution in [0.5, 0.6) is 0 Å². The normalized spacial score (nSPS) is 12.6. The number of thiazole rings is 1. The largest absolute Gasteiger partial charge is 0.448 e. The molecule has 4 nitrogen and oxygen atoms in total. The van der Waals surface area contributed by atoms with Gasteiger partial charge in [-0.3, -0.25) is 4.79 Å². The molecule has 0 aliphatic rings. The summed E-state index contributed by atoms with van der Waals surface area (Å²) in [7, 11) is 1.71. The Hall–Kier alpha value is -2.73. The summed E-state index contributed by atoms with van der Waals surface area (Å²) in [5.74, 6) is -0.586. The number of hydrogen-bond acceptors (Lipinski definition) is 4. The van der Waals surface area contributed by atoms with E-state index in [1.807, 2.05) is 31.2 Å². The van der Waals surface area contributed by atoms with E-state index in [9.17, 15) is 9.18 Å². The Kier molecular flexibility index (Phi) is 4.00. The van der Waals surface area contributed by atoms with Crippen molar-refractivity contribution in [2.45, 2.75) is 19.9 Å². The van der Waals surface area contributed by atoms with Gasteiger partial charge in [0.05, 0.1) is 16.3 Å². The second kappa shape index (κ2) is 6.21. The smallest absolute Gasteiger partial charge is 0.290 e. The van der Waals surface area contributed by atoms with E-state index in [4.69, 9.17) is 4.42 Å². The molecule has 0 bridgehead atoms. The molecular weight excluding hydrogens is 351 g/mol. The Balaban J connectivity index is 1.69. The molecule has 0 N–H and O–H groups in total. The van der Waals surface area contributed by atoms with Crippen LogP contribution >= 0.6 is 11.3 Å². The third-order valence-electron chi connectivity index (χ3n) is 4.68. The zero-order valence-electron chi connectivity index (χ0n) is 14.6. The van der Waals surface area contributed by atoms with Crippen LogP contribution in [0, 0.1) is 12.7 Å². The standard InChI is InChI=1S/C20H17FN2O2S/c1-11-13-7-6-8-14(21)18(13)25-17(11)20(24)23(3)12(2)19-22-15-9-4-5-10-16(15)26-19/h4-10,12H,1-3H3/t12-/m0/s1. The summed E-state index contributed by atoms with van der Waals surface area (Å²) in [6, 6.07) is 12.3. The number of amides is 1. The highest BCUT2D eigenvalue weighted by atomic mass is 32.1. The number of hydrogen-bond donors (Lipinski definition) is 0. The van der Waals surface area contributed by atoms with E-state index in [0.717, 1.165) is 15.2 Å². The highest BCUT2D eigenvalue weighted by molar-refractivity contribution is 7.18. The Morgan fingerprint density at radius 1 is 1.23 bits per heavy atom. The quantitative estimate of drug-likeness (QED) is 0.491. The van der Waals surface area contributed by atoms with Crippen molar-refractivity contribution >= 4 is 38.4 Å². The van der Waals surface area contributed by atoms with Crippen LogP contribution in [0.2, 0.25) is 0 Å². The molecule has 4 aromatic rings. The van der Waals surface area contributed by atoms with Gasteiger partial charge in [0.2, 0.25) is 0 Å². The minimum atomic E-state index is -0.466. The van der Waals surface area contributed by atoms with Crippen molar-refractivity contribution in [2.24, 2.45) is 0 Å². The third kappa shape index (κ3) is 2.57. The van der Waals surface area contributed by atoms with E-state index in [0.29, 0.717) is 10.9 Å². The zero-order valence-corrected chi connectivity index (χ0v) is 15.4. The maximum atomic E-state index is 14.0. The molecule has 0 spiro atoms. The lowest BCUT2D eigenvalue weighted by molar-refractivity contribution is 0.0711. The summed E-state index contributed by atoms with van der Waals surface area (Å²) < 4.78 is 20.6. The molecule has 4 rings (SSSR count). The Bertz CT molecular complexity index is 1100. The van der Waals surface area contributed by atoms with Crippen LogP contribution in [-0.2, 0) is 0 Å².